The monoisotopic (exact) mass is 428 g/mol. The fraction of sp³-hybridized carbons (Fsp3) is 0.391. The Hall–Kier alpha value is -2.67. The van der Waals surface area contributed by atoms with E-state index in [1.54, 1.807) is 54.6 Å². The van der Waals surface area contributed by atoms with Gasteiger partial charge >= 0.3 is 0 Å². The molecule has 0 saturated carbocycles. The largest absolute Gasteiger partial charge is 0.352 e. The summed E-state index contributed by atoms with van der Waals surface area (Å²) in [7, 11) is -3.43. The summed E-state index contributed by atoms with van der Waals surface area (Å²) in [5, 5.41) is 2.77. The van der Waals surface area contributed by atoms with Gasteiger partial charge in [-0.1, -0.05) is 43.2 Å². The molecule has 1 saturated heterocycles. The molecule has 1 heterocycles. The Labute approximate surface area is 178 Å². The Morgan fingerprint density at radius 2 is 1.50 bits per heavy atom. The highest BCUT2D eigenvalue weighted by molar-refractivity contribution is 7.90. The average Bonchev–Trinajstić information content (AvgIpc) is 3.04. The fourth-order valence-corrected chi connectivity index (χ4v) is 4.92. The third-order valence-corrected chi connectivity index (χ3v) is 6.96. The van der Waals surface area contributed by atoms with E-state index in [9.17, 15) is 18.0 Å². The first-order chi connectivity index (χ1) is 14.5. The maximum atomic E-state index is 12.5. The van der Waals surface area contributed by atoms with Gasteiger partial charge in [0.1, 0.15) is 0 Å². The molecule has 0 radical (unpaired) electrons. The molecule has 7 heteroatoms. The molecule has 0 bridgehead atoms. The zero-order valence-electron chi connectivity index (χ0n) is 17.0. The third kappa shape index (κ3) is 6.16. The minimum absolute atomic E-state index is 0.0821. The number of amides is 2. The lowest BCUT2D eigenvalue weighted by Gasteiger charge is -2.20. The predicted molar refractivity (Wildman–Crippen MR) is 116 cm³/mol. The average molecular weight is 429 g/mol. The van der Waals surface area contributed by atoms with E-state index in [0.29, 0.717) is 17.5 Å². The fourth-order valence-electron chi connectivity index (χ4n) is 3.55. The van der Waals surface area contributed by atoms with E-state index in [0.717, 1.165) is 25.9 Å². The van der Waals surface area contributed by atoms with Crippen LogP contribution in [-0.4, -0.2) is 44.8 Å². The van der Waals surface area contributed by atoms with Crippen molar-refractivity contribution in [1.29, 1.82) is 0 Å². The molecule has 160 valence electrons. The Kier molecular flexibility index (Phi) is 7.63. The molecular formula is C23H28N2O4S. The lowest BCUT2D eigenvalue weighted by Crippen LogP contribution is -2.35. The SMILES string of the molecule is O=C(NCCC(=O)N1CCCCCC1)c1ccc(CS(=O)(=O)c2ccccc2)cc1. The van der Waals surface area contributed by atoms with Gasteiger partial charge in [0.2, 0.25) is 5.91 Å². The summed E-state index contributed by atoms with van der Waals surface area (Å²) in [4.78, 5) is 26.8. The van der Waals surface area contributed by atoms with Crippen LogP contribution in [0.25, 0.3) is 0 Å². The molecule has 0 aliphatic carbocycles. The van der Waals surface area contributed by atoms with Crippen LogP contribution in [-0.2, 0) is 20.4 Å². The van der Waals surface area contributed by atoms with Crippen LogP contribution in [0.2, 0.25) is 0 Å². The molecule has 3 rings (SSSR count). The normalized spacial score (nSPS) is 14.7. The molecule has 0 atom stereocenters. The second-order valence-electron chi connectivity index (χ2n) is 7.57. The number of rotatable bonds is 7. The second-order valence-corrected chi connectivity index (χ2v) is 9.56. The van der Waals surface area contributed by atoms with Gasteiger partial charge in [-0.15, -0.1) is 0 Å². The standard InChI is InChI=1S/C23H28N2O4S/c26-22(25-16-6-1-2-7-17-25)14-15-24-23(27)20-12-10-19(11-13-20)18-30(28,29)21-8-4-3-5-9-21/h3-5,8-13H,1-2,6-7,14-18H2,(H,24,27). The van der Waals surface area contributed by atoms with Crippen LogP contribution in [0.3, 0.4) is 0 Å². The maximum absolute atomic E-state index is 12.5. The van der Waals surface area contributed by atoms with Crippen molar-refractivity contribution in [3.63, 3.8) is 0 Å². The number of nitrogens with one attached hydrogen (secondary N) is 1. The summed E-state index contributed by atoms with van der Waals surface area (Å²) < 4.78 is 24.9. The van der Waals surface area contributed by atoms with Crippen LogP contribution in [0.5, 0.6) is 0 Å². The van der Waals surface area contributed by atoms with E-state index in [1.165, 1.54) is 12.8 Å². The lowest BCUT2D eigenvalue weighted by molar-refractivity contribution is -0.131. The number of hydrogen-bond acceptors (Lipinski definition) is 4. The first-order valence-corrected chi connectivity index (χ1v) is 12.0. The smallest absolute Gasteiger partial charge is 0.251 e. The van der Waals surface area contributed by atoms with Gasteiger partial charge in [-0.3, -0.25) is 9.59 Å². The third-order valence-electron chi connectivity index (χ3n) is 5.26. The van der Waals surface area contributed by atoms with Gasteiger partial charge in [0, 0.05) is 31.6 Å². The van der Waals surface area contributed by atoms with E-state index in [1.807, 2.05) is 4.90 Å². The Morgan fingerprint density at radius 1 is 0.867 bits per heavy atom. The van der Waals surface area contributed by atoms with E-state index < -0.39 is 9.84 Å². The van der Waals surface area contributed by atoms with E-state index in [4.69, 9.17) is 0 Å². The van der Waals surface area contributed by atoms with Crippen molar-refractivity contribution in [1.82, 2.24) is 10.2 Å². The summed E-state index contributed by atoms with van der Waals surface area (Å²) >= 11 is 0. The van der Waals surface area contributed by atoms with Crippen molar-refractivity contribution in [2.75, 3.05) is 19.6 Å². The topological polar surface area (TPSA) is 83.6 Å². The highest BCUT2D eigenvalue weighted by Gasteiger charge is 2.17. The van der Waals surface area contributed by atoms with Crippen LogP contribution in [0.15, 0.2) is 59.5 Å². The number of nitrogens with zero attached hydrogens (tertiary/aromatic N) is 1. The van der Waals surface area contributed by atoms with Crippen LogP contribution in [0.4, 0.5) is 0 Å². The van der Waals surface area contributed by atoms with Crippen molar-refractivity contribution in [2.45, 2.75) is 42.8 Å². The number of carbonyl (C=O) groups excluding carboxylic acids is 2. The van der Waals surface area contributed by atoms with E-state index in [2.05, 4.69) is 5.32 Å². The Morgan fingerprint density at radius 3 is 2.13 bits per heavy atom. The summed E-state index contributed by atoms with van der Waals surface area (Å²) in [6.45, 7) is 1.90. The lowest BCUT2D eigenvalue weighted by atomic mass is 10.1. The van der Waals surface area contributed by atoms with Crippen LogP contribution in [0.1, 0.15) is 48.0 Å². The zero-order chi connectivity index (χ0) is 21.4. The summed E-state index contributed by atoms with van der Waals surface area (Å²) in [5.74, 6) is -0.307. The number of sulfone groups is 1. The van der Waals surface area contributed by atoms with Gasteiger partial charge in [0.15, 0.2) is 9.84 Å². The molecule has 1 aliphatic rings. The van der Waals surface area contributed by atoms with E-state index >= 15 is 0 Å². The van der Waals surface area contributed by atoms with Gasteiger partial charge < -0.3 is 10.2 Å². The molecule has 6 nitrogen and oxygen atoms in total. The van der Waals surface area contributed by atoms with Gasteiger partial charge in [0.25, 0.3) is 5.91 Å². The first-order valence-electron chi connectivity index (χ1n) is 10.4. The van der Waals surface area contributed by atoms with Crippen molar-refractivity contribution in [3.8, 4) is 0 Å². The molecule has 0 spiro atoms. The van der Waals surface area contributed by atoms with Crippen molar-refractivity contribution >= 4 is 21.7 Å². The van der Waals surface area contributed by atoms with Gasteiger partial charge in [-0.2, -0.15) is 0 Å². The van der Waals surface area contributed by atoms with Gasteiger partial charge in [0.05, 0.1) is 10.6 Å². The molecule has 2 aromatic carbocycles. The minimum Gasteiger partial charge on any atom is -0.352 e. The Balaban J connectivity index is 1.49. The molecule has 0 aromatic heterocycles. The summed E-state index contributed by atoms with van der Waals surface area (Å²) in [5.41, 5.74) is 1.06. The Bertz CT molecular complexity index is 948. The van der Waals surface area contributed by atoms with Gasteiger partial charge in [-0.05, 0) is 42.7 Å². The molecule has 1 N–H and O–H groups in total. The first kappa shape index (κ1) is 22.0. The molecule has 2 amide bonds. The number of hydrogen-bond donors (Lipinski definition) is 1. The molecular weight excluding hydrogens is 400 g/mol. The maximum Gasteiger partial charge on any atom is 0.251 e. The molecule has 1 aliphatic heterocycles. The quantitative estimate of drug-likeness (QED) is 0.734. The van der Waals surface area contributed by atoms with Gasteiger partial charge in [-0.25, -0.2) is 8.42 Å². The highest BCUT2D eigenvalue weighted by Crippen LogP contribution is 2.16. The molecule has 2 aromatic rings. The van der Waals surface area contributed by atoms with Crippen molar-refractivity contribution < 1.29 is 18.0 Å². The van der Waals surface area contributed by atoms with E-state index in [-0.39, 0.29) is 29.0 Å². The number of likely N-dealkylation sites (tertiary alicyclic amines) is 1. The van der Waals surface area contributed by atoms with Crippen LogP contribution < -0.4 is 5.32 Å². The highest BCUT2D eigenvalue weighted by atomic mass is 32.2. The van der Waals surface area contributed by atoms with Crippen molar-refractivity contribution in [2.24, 2.45) is 0 Å². The van der Waals surface area contributed by atoms with Crippen LogP contribution in [0, 0.1) is 0 Å². The number of carbonyl (C=O) groups is 2. The second kappa shape index (κ2) is 10.4. The predicted octanol–water partition coefficient (Wildman–Crippen LogP) is 3.18. The number of benzene rings is 2. The van der Waals surface area contributed by atoms with Crippen LogP contribution >= 0.6 is 0 Å². The molecule has 1 fully saturated rings. The summed E-state index contributed by atoms with van der Waals surface area (Å²) in [6, 6.07) is 14.8. The zero-order valence-corrected chi connectivity index (χ0v) is 17.9. The van der Waals surface area contributed by atoms with Crippen molar-refractivity contribution in [3.05, 3.63) is 65.7 Å². The molecule has 0 unspecified atom stereocenters. The minimum atomic E-state index is -3.43. The summed E-state index contributed by atoms with van der Waals surface area (Å²) in [6.07, 6.45) is 4.72. The molecule has 30 heavy (non-hydrogen) atoms.